The van der Waals surface area contributed by atoms with Crippen LogP contribution in [-0.4, -0.2) is 56.7 Å². The standard InChI is InChI=1S/C29H31Cl2F3N4O4/c1-4-18(2)13-23-19(15-37-38(23)20-7-6-11-27(3,12-10-20)26(40)41)14-35-16-28(42,29(32,33)34)17-36-25(39)24-21(30)8-5-9-22(24)31/h5-13,15,35,42H,4,14,16-17H2,1-3H3,(H,36,39)(H,40,41)/b18-13-. The molecule has 4 N–H and O–H groups in total. The van der Waals surface area contributed by atoms with E-state index in [0.717, 1.165) is 5.57 Å². The van der Waals surface area contributed by atoms with Crippen LogP contribution in [-0.2, 0) is 11.3 Å². The highest BCUT2D eigenvalue weighted by atomic mass is 35.5. The summed E-state index contributed by atoms with van der Waals surface area (Å²) in [6.07, 6.45) is 6.90. The van der Waals surface area contributed by atoms with Crippen LogP contribution in [0.2, 0.25) is 10.0 Å². The van der Waals surface area contributed by atoms with Crippen molar-refractivity contribution in [2.45, 2.75) is 45.5 Å². The summed E-state index contributed by atoms with van der Waals surface area (Å²) in [5, 5.41) is 29.2. The molecule has 1 aromatic carbocycles. The second kappa shape index (κ2) is 13.3. The van der Waals surface area contributed by atoms with E-state index in [0.29, 0.717) is 23.4 Å². The molecule has 2 unspecified atom stereocenters. The monoisotopic (exact) mass is 626 g/mol. The number of benzene rings is 1. The van der Waals surface area contributed by atoms with E-state index in [-0.39, 0.29) is 22.2 Å². The number of carboxylic acid groups (broad SMARTS) is 1. The Bertz CT molecular complexity index is 1440. The highest BCUT2D eigenvalue weighted by Gasteiger charge is 2.53. The van der Waals surface area contributed by atoms with E-state index >= 15 is 0 Å². The quantitative estimate of drug-likeness (QED) is 0.248. The zero-order chi connectivity index (χ0) is 31.3. The Balaban J connectivity index is 1.82. The van der Waals surface area contributed by atoms with Gasteiger partial charge in [-0.3, -0.25) is 9.59 Å². The number of allylic oxidation sites excluding steroid dienone is 5. The van der Waals surface area contributed by atoms with Crippen LogP contribution in [0.25, 0.3) is 11.8 Å². The van der Waals surface area contributed by atoms with Gasteiger partial charge in [0.25, 0.3) is 5.91 Å². The summed E-state index contributed by atoms with van der Waals surface area (Å²) in [4.78, 5) is 24.2. The molecule has 1 heterocycles. The minimum absolute atomic E-state index is 0.0460. The molecule has 1 amide bonds. The van der Waals surface area contributed by atoms with Crippen molar-refractivity contribution in [3.8, 4) is 0 Å². The summed E-state index contributed by atoms with van der Waals surface area (Å²) in [5.41, 5.74) is -2.13. The van der Waals surface area contributed by atoms with Gasteiger partial charge < -0.3 is 20.8 Å². The largest absolute Gasteiger partial charge is 0.480 e. The summed E-state index contributed by atoms with van der Waals surface area (Å²) in [6.45, 7) is 3.18. The number of hydrogen-bond donors (Lipinski definition) is 4. The van der Waals surface area contributed by atoms with Crippen molar-refractivity contribution in [3.63, 3.8) is 0 Å². The minimum atomic E-state index is -5.09. The van der Waals surface area contributed by atoms with Crippen LogP contribution in [0.1, 0.15) is 48.8 Å². The summed E-state index contributed by atoms with van der Waals surface area (Å²) < 4.78 is 43.4. The van der Waals surface area contributed by atoms with Gasteiger partial charge >= 0.3 is 12.1 Å². The minimum Gasteiger partial charge on any atom is -0.480 e. The van der Waals surface area contributed by atoms with Crippen LogP contribution < -0.4 is 10.6 Å². The molecule has 42 heavy (non-hydrogen) atoms. The fraction of sp³-hybridized carbons (Fsp3) is 0.345. The van der Waals surface area contributed by atoms with Crippen LogP contribution in [0.5, 0.6) is 0 Å². The zero-order valence-electron chi connectivity index (χ0n) is 23.1. The van der Waals surface area contributed by atoms with E-state index in [2.05, 4.69) is 15.7 Å². The molecule has 2 aromatic rings. The number of halogens is 5. The van der Waals surface area contributed by atoms with Gasteiger partial charge in [-0.15, -0.1) is 0 Å². The number of carbonyl (C=O) groups excluding carboxylic acids is 1. The summed E-state index contributed by atoms with van der Waals surface area (Å²) in [6, 6.07) is 4.22. The first kappa shape index (κ1) is 33.1. The van der Waals surface area contributed by atoms with Crippen LogP contribution in [0.4, 0.5) is 13.2 Å². The summed E-state index contributed by atoms with van der Waals surface area (Å²) in [5.74, 6) is -1.99. The van der Waals surface area contributed by atoms with E-state index in [1.807, 2.05) is 19.9 Å². The van der Waals surface area contributed by atoms with Gasteiger partial charge in [0.15, 0.2) is 5.60 Å². The SMILES string of the molecule is CC/C(C)=C\c1c(CNCC(O)(CNC(=O)c2c(Cl)cccc2Cl)C(F)(F)F)cnn1C1=CC=CC(C)(C(=O)O)C=C1. The van der Waals surface area contributed by atoms with Gasteiger partial charge in [0.05, 0.1) is 39.7 Å². The van der Waals surface area contributed by atoms with Crippen molar-refractivity contribution in [1.29, 1.82) is 0 Å². The Hall–Kier alpha value is -3.38. The van der Waals surface area contributed by atoms with E-state index in [1.54, 1.807) is 29.8 Å². The van der Waals surface area contributed by atoms with E-state index < -0.39 is 42.2 Å². The fourth-order valence-electron chi connectivity index (χ4n) is 3.92. The molecule has 1 aliphatic rings. The maximum Gasteiger partial charge on any atom is 0.420 e. The van der Waals surface area contributed by atoms with Crippen molar-refractivity contribution in [1.82, 2.24) is 20.4 Å². The topological polar surface area (TPSA) is 116 Å². The van der Waals surface area contributed by atoms with Gasteiger partial charge in [-0.1, -0.05) is 60.0 Å². The lowest BCUT2D eigenvalue weighted by Crippen LogP contribution is -2.59. The van der Waals surface area contributed by atoms with Crippen LogP contribution in [0.15, 0.2) is 60.3 Å². The molecule has 0 fully saturated rings. The molecule has 13 heteroatoms. The van der Waals surface area contributed by atoms with Gasteiger partial charge in [-0.25, -0.2) is 4.68 Å². The van der Waals surface area contributed by atoms with Crippen molar-refractivity contribution >= 4 is 46.9 Å². The molecule has 226 valence electrons. The average molecular weight is 627 g/mol. The second-order valence-electron chi connectivity index (χ2n) is 10.1. The predicted octanol–water partition coefficient (Wildman–Crippen LogP) is 5.87. The smallest absolute Gasteiger partial charge is 0.420 e. The lowest BCUT2D eigenvalue weighted by atomic mass is 9.90. The van der Waals surface area contributed by atoms with Gasteiger partial charge in [0, 0.05) is 18.7 Å². The van der Waals surface area contributed by atoms with Crippen molar-refractivity contribution < 1.29 is 33.0 Å². The molecule has 0 saturated carbocycles. The molecule has 2 atom stereocenters. The van der Waals surface area contributed by atoms with Crippen molar-refractivity contribution in [2.75, 3.05) is 13.1 Å². The number of hydrogen-bond acceptors (Lipinski definition) is 5. The Morgan fingerprint density at radius 3 is 2.43 bits per heavy atom. The highest BCUT2D eigenvalue weighted by Crippen LogP contribution is 2.31. The predicted molar refractivity (Wildman–Crippen MR) is 156 cm³/mol. The molecule has 0 aliphatic heterocycles. The summed E-state index contributed by atoms with van der Waals surface area (Å²) >= 11 is 12.0. The van der Waals surface area contributed by atoms with E-state index in [4.69, 9.17) is 23.2 Å². The number of nitrogens with one attached hydrogen (secondary N) is 2. The third-order valence-electron chi connectivity index (χ3n) is 6.83. The molecule has 8 nitrogen and oxygen atoms in total. The number of amides is 1. The second-order valence-corrected chi connectivity index (χ2v) is 10.9. The van der Waals surface area contributed by atoms with Crippen LogP contribution in [0.3, 0.4) is 0 Å². The maximum absolute atomic E-state index is 14.0. The van der Waals surface area contributed by atoms with E-state index in [1.165, 1.54) is 36.5 Å². The molecule has 0 saturated heterocycles. The molecule has 3 rings (SSSR count). The maximum atomic E-state index is 14.0. The Kier molecular flexibility index (Phi) is 10.5. The number of aromatic nitrogens is 2. The molecular formula is C29H31Cl2F3N4O4. The van der Waals surface area contributed by atoms with E-state index in [9.17, 15) is 33.0 Å². The molecule has 1 aliphatic carbocycles. The van der Waals surface area contributed by atoms with Gasteiger partial charge in [0.2, 0.25) is 0 Å². The number of carbonyl (C=O) groups is 2. The van der Waals surface area contributed by atoms with Crippen LogP contribution in [0, 0.1) is 5.41 Å². The summed E-state index contributed by atoms with van der Waals surface area (Å²) in [7, 11) is 0. The molecule has 0 radical (unpaired) electrons. The molecule has 0 spiro atoms. The first-order chi connectivity index (χ1) is 19.6. The number of nitrogens with zero attached hydrogens (tertiary/aromatic N) is 2. The number of aliphatic hydroxyl groups is 1. The lowest BCUT2D eigenvalue weighted by Gasteiger charge is -2.31. The fourth-order valence-corrected chi connectivity index (χ4v) is 4.49. The Morgan fingerprint density at radius 2 is 1.83 bits per heavy atom. The van der Waals surface area contributed by atoms with Crippen molar-refractivity contribution in [2.24, 2.45) is 5.41 Å². The third-order valence-corrected chi connectivity index (χ3v) is 7.46. The number of aliphatic carboxylic acids is 1. The number of rotatable bonds is 11. The van der Waals surface area contributed by atoms with Gasteiger partial charge in [0.1, 0.15) is 5.41 Å². The van der Waals surface area contributed by atoms with Gasteiger partial charge in [-0.2, -0.15) is 18.3 Å². The number of alkyl halides is 3. The first-order valence-corrected chi connectivity index (χ1v) is 13.7. The zero-order valence-corrected chi connectivity index (χ0v) is 24.6. The lowest BCUT2D eigenvalue weighted by molar-refractivity contribution is -0.255. The third kappa shape index (κ3) is 7.52. The van der Waals surface area contributed by atoms with Gasteiger partial charge in [-0.05, 0) is 50.6 Å². The Morgan fingerprint density at radius 1 is 1.17 bits per heavy atom. The number of carboxylic acids is 1. The Labute approximate surface area is 251 Å². The van der Waals surface area contributed by atoms with Crippen LogP contribution >= 0.6 is 23.2 Å². The molecule has 1 aromatic heterocycles. The van der Waals surface area contributed by atoms with Crippen molar-refractivity contribution in [3.05, 3.63) is 87.2 Å². The molecular weight excluding hydrogens is 596 g/mol. The average Bonchev–Trinajstić information content (AvgIpc) is 3.18. The first-order valence-electron chi connectivity index (χ1n) is 12.9. The highest BCUT2D eigenvalue weighted by molar-refractivity contribution is 6.39. The normalized spacial score (nSPS) is 18.8. The molecule has 0 bridgehead atoms.